The minimum absolute atomic E-state index is 0.0104. The van der Waals surface area contributed by atoms with Crippen LogP contribution < -0.4 is 9.47 Å². The number of ether oxygens (including phenoxy) is 2. The van der Waals surface area contributed by atoms with Crippen LogP contribution in [0.25, 0.3) is 0 Å². The fourth-order valence-electron chi connectivity index (χ4n) is 3.33. The lowest BCUT2D eigenvalue weighted by Crippen LogP contribution is -2.01. The smallest absolute Gasteiger partial charge is 0.151 e. The summed E-state index contributed by atoms with van der Waals surface area (Å²) in [6.45, 7) is 1.25. The van der Waals surface area contributed by atoms with E-state index >= 15 is 0 Å². The summed E-state index contributed by atoms with van der Waals surface area (Å²) < 4.78 is 13.0. The van der Waals surface area contributed by atoms with Crippen LogP contribution in [-0.4, -0.2) is 24.6 Å². The molecule has 0 atom stereocenters. The first-order valence-electron chi connectivity index (χ1n) is 11.6. The number of carbonyl (C=O) groups is 1. The van der Waals surface area contributed by atoms with Gasteiger partial charge in [-0.3, -0.25) is 4.79 Å². The van der Waals surface area contributed by atoms with Crippen molar-refractivity contribution in [3.63, 3.8) is 0 Å². The number of hydrogen-bond donors (Lipinski definition) is 1. The van der Waals surface area contributed by atoms with Gasteiger partial charge in [-0.05, 0) is 53.1 Å². The van der Waals surface area contributed by atoms with Crippen molar-refractivity contribution in [2.24, 2.45) is 0 Å². The second-order valence-electron chi connectivity index (χ2n) is 7.88. The Hall–Kier alpha value is -2.93. The summed E-state index contributed by atoms with van der Waals surface area (Å²) in [5, 5.41) is 9.16. The van der Waals surface area contributed by atoms with Crippen LogP contribution in [0.15, 0.2) is 106 Å². The fraction of sp³-hybridized carbons (Fsp3) is 0.167. The van der Waals surface area contributed by atoms with E-state index in [1.165, 1.54) is 11.1 Å². The maximum Gasteiger partial charge on any atom is 0.151 e. The third-order valence-electron chi connectivity index (χ3n) is 5.29. The van der Waals surface area contributed by atoms with Crippen LogP contribution in [0.2, 0.25) is 0 Å². The Morgan fingerprint density at radius 2 is 1.17 bits per heavy atom. The van der Waals surface area contributed by atoms with Crippen LogP contribution in [0.4, 0.5) is 0 Å². The number of rotatable bonds is 10. The molecule has 0 fully saturated rings. The van der Waals surface area contributed by atoms with E-state index in [1.807, 2.05) is 66.7 Å². The number of carbonyl (C=O) groups excluding carboxylic acids is 1. The van der Waals surface area contributed by atoms with E-state index in [0.717, 1.165) is 45.1 Å². The molecule has 4 aromatic rings. The van der Waals surface area contributed by atoms with Crippen molar-refractivity contribution in [3.8, 4) is 11.5 Å². The number of aliphatic hydroxyl groups is 1. The summed E-state index contributed by atoms with van der Waals surface area (Å²) in [4.78, 5) is 10.8. The monoisotopic (exact) mass is 610 g/mol. The van der Waals surface area contributed by atoms with Crippen molar-refractivity contribution in [2.45, 2.75) is 19.4 Å². The number of halogens is 2. The fourth-order valence-corrected chi connectivity index (χ4v) is 4.04. The largest absolute Gasteiger partial charge is 0.493 e. The predicted molar refractivity (Wildman–Crippen MR) is 151 cm³/mol. The van der Waals surface area contributed by atoms with Crippen molar-refractivity contribution in [3.05, 3.63) is 128 Å². The third-order valence-corrected chi connectivity index (χ3v) is 6.78. The van der Waals surface area contributed by atoms with Gasteiger partial charge >= 0.3 is 0 Å². The Labute approximate surface area is 229 Å². The summed E-state index contributed by atoms with van der Waals surface area (Å²) in [7, 11) is 0. The molecular formula is C30H28Br2O4. The minimum Gasteiger partial charge on any atom is -0.493 e. The zero-order valence-electron chi connectivity index (χ0n) is 19.8. The normalized spacial score (nSPS) is 10.2. The molecule has 36 heavy (non-hydrogen) atoms. The van der Waals surface area contributed by atoms with Gasteiger partial charge in [0.05, 0.1) is 19.8 Å². The Bertz CT molecular complexity index is 1210. The lowest BCUT2D eigenvalue weighted by atomic mass is 10.2. The number of aldehydes is 1. The highest BCUT2D eigenvalue weighted by molar-refractivity contribution is 9.10. The van der Waals surface area contributed by atoms with Crippen molar-refractivity contribution in [1.29, 1.82) is 0 Å². The molecule has 0 amide bonds. The summed E-state index contributed by atoms with van der Waals surface area (Å²) in [6.07, 6.45) is 2.55. The first-order valence-corrected chi connectivity index (χ1v) is 13.1. The van der Waals surface area contributed by atoms with E-state index < -0.39 is 0 Å². The predicted octanol–water partition coefficient (Wildman–Crippen LogP) is 7.45. The Balaban J connectivity index is 0.000000201. The van der Waals surface area contributed by atoms with Crippen LogP contribution in [-0.2, 0) is 19.4 Å². The van der Waals surface area contributed by atoms with E-state index in [9.17, 15) is 4.79 Å². The van der Waals surface area contributed by atoms with Gasteiger partial charge in [-0.2, -0.15) is 0 Å². The summed E-state index contributed by atoms with van der Waals surface area (Å²) in [6, 6.07) is 31.5. The minimum atomic E-state index is 0.0104. The highest BCUT2D eigenvalue weighted by atomic mass is 79.9. The van der Waals surface area contributed by atoms with Gasteiger partial charge < -0.3 is 14.6 Å². The highest BCUT2D eigenvalue weighted by Crippen LogP contribution is 2.23. The molecule has 0 bridgehead atoms. The van der Waals surface area contributed by atoms with E-state index in [4.69, 9.17) is 14.6 Å². The molecule has 4 nitrogen and oxygen atoms in total. The van der Waals surface area contributed by atoms with Crippen molar-refractivity contribution >= 4 is 38.1 Å². The molecule has 186 valence electrons. The average molecular weight is 612 g/mol. The lowest BCUT2D eigenvalue weighted by molar-refractivity contribution is 0.112. The molecule has 4 aromatic carbocycles. The Morgan fingerprint density at radius 1 is 0.667 bits per heavy atom. The highest BCUT2D eigenvalue weighted by Gasteiger charge is 2.03. The first-order chi connectivity index (χ1) is 17.6. The van der Waals surface area contributed by atoms with E-state index in [0.29, 0.717) is 18.8 Å². The van der Waals surface area contributed by atoms with Gasteiger partial charge in [0.1, 0.15) is 11.5 Å². The van der Waals surface area contributed by atoms with E-state index in [2.05, 4.69) is 56.1 Å². The average Bonchev–Trinajstić information content (AvgIpc) is 2.92. The second-order valence-corrected chi connectivity index (χ2v) is 9.59. The molecule has 0 aromatic heterocycles. The zero-order valence-corrected chi connectivity index (χ0v) is 23.0. The van der Waals surface area contributed by atoms with Gasteiger partial charge in [0.25, 0.3) is 0 Å². The number of benzene rings is 4. The molecule has 0 aliphatic heterocycles. The van der Waals surface area contributed by atoms with Crippen LogP contribution in [0.5, 0.6) is 11.5 Å². The molecule has 0 aliphatic rings. The third kappa shape index (κ3) is 9.26. The second kappa shape index (κ2) is 15.2. The van der Waals surface area contributed by atoms with Crippen LogP contribution in [0.1, 0.15) is 27.0 Å². The molecule has 0 saturated carbocycles. The van der Waals surface area contributed by atoms with E-state index in [-0.39, 0.29) is 6.61 Å². The van der Waals surface area contributed by atoms with Crippen LogP contribution in [0.3, 0.4) is 0 Å². The topological polar surface area (TPSA) is 55.8 Å². The number of aliphatic hydroxyl groups excluding tert-OH is 1. The van der Waals surface area contributed by atoms with Crippen LogP contribution in [0, 0.1) is 0 Å². The molecule has 0 heterocycles. The SMILES string of the molecule is O=Cc1cc(OCCc2ccccc2)ccc1Br.OCc1cc(OCCc2ccccc2)ccc1Br. The first kappa shape index (κ1) is 27.7. The zero-order chi connectivity index (χ0) is 25.6. The van der Waals surface area contributed by atoms with Gasteiger partial charge in [-0.1, -0.05) is 92.5 Å². The number of hydrogen-bond acceptors (Lipinski definition) is 4. The van der Waals surface area contributed by atoms with Gasteiger partial charge in [0.2, 0.25) is 0 Å². The molecule has 6 heteroatoms. The molecular weight excluding hydrogens is 584 g/mol. The van der Waals surface area contributed by atoms with Crippen molar-refractivity contribution < 1.29 is 19.4 Å². The van der Waals surface area contributed by atoms with Gasteiger partial charge in [0.15, 0.2) is 6.29 Å². The maximum atomic E-state index is 10.8. The Kier molecular flexibility index (Phi) is 11.7. The van der Waals surface area contributed by atoms with E-state index in [1.54, 1.807) is 6.07 Å². The van der Waals surface area contributed by atoms with Gasteiger partial charge in [0, 0.05) is 27.4 Å². The Morgan fingerprint density at radius 3 is 1.67 bits per heavy atom. The molecule has 0 unspecified atom stereocenters. The van der Waals surface area contributed by atoms with Crippen molar-refractivity contribution in [2.75, 3.05) is 13.2 Å². The van der Waals surface area contributed by atoms with Crippen LogP contribution >= 0.6 is 31.9 Å². The van der Waals surface area contributed by atoms with Gasteiger partial charge in [-0.15, -0.1) is 0 Å². The molecule has 0 spiro atoms. The standard InChI is InChI=1S/C15H15BrO2.C15H13BrO2/c2*16-15-7-6-14(10-13(15)11-17)18-9-8-12-4-2-1-3-5-12/h1-7,10,17H,8-9,11H2;1-7,10-11H,8-9H2. The lowest BCUT2D eigenvalue weighted by Gasteiger charge is -2.08. The molecule has 1 N–H and O–H groups in total. The quantitative estimate of drug-likeness (QED) is 0.189. The maximum absolute atomic E-state index is 10.8. The summed E-state index contributed by atoms with van der Waals surface area (Å²) in [5.74, 6) is 1.51. The molecule has 0 saturated heterocycles. The molecule has 0 radical (unpaired) electrons. The van der Waals surface area contributed by atoms with Crippen molar-refractivity contribution in [1.82, 2.24) is 0 Å². The summed E-state index contributed by atoms with van der Waals surface area (Å²) in [5.41, 5.74) is 3.95. The molecule has 4 rings (SSSR count). The summed E-state index contributed by atoms with van der Waals surface area (Å²) >= 11 is 6.69. The molecule has 0 aliphatic carbocycles. The van der Waals surface area contributed by atoms with Gasteiger partial charge in [-0.25, -0.2) is 0 Å².